The molecule has 0 radical (unpaired) electrons. The van der Waals surface area contributed by atoms with Crippen molar-refractivity contribution in [3.05, 3.63) is 10.4 Å². The maximum Gasteiger partial charge on any atom is 0.308 e. The lowest BCUT2D eigenvalue weighted by Crippen LogP contribution is -2.41. The predicted molar refractivity (Wildman–Crippen MR) is 99.9 cm³/mol. The highest BCUT2D eigenvalue weighted by Crippen LogP contribution is 2.12. The van der Waals surface area contributed by atoms with Crippen LogP contribution in [-0.2, 0) is 23.9 Å². The summed E-state index contributed by atoms with van der Waals surface area (Å²) in [5.74, 6) is -1.87. The fraction of sp³-hybridized carbons (Fsp3) is 0.750. The van der Waals surface area contributed by atoms with Gasteiger partial charge in [-0.25, -0.2) is 0 Å². The first-order valence-corrected chi connectivity index (χ1v) is 9.59. The first-order chi connectivity index (χ1) is 12.8. The lowest BCUT2D eigenvalue weighted by Gasteiger charge is -2.17. The Bertz CT molecular complexity index is 563. The molecule has 0 aliphatic rings. The van der Waals surface area contributed by atoms with E-state index in [1.165, 1.54) is 0 Å². The monoisotopic (exact) mass is 402 g/mol. The molecule has 1 amide bonds. The molecule has 0 heterocycles. The van der Waals surface area contributed by atoms with Crippen molar-refractivity contribution in [2.75, 3.05) is 18.9 Å². The number of carboxylic acids is 1. The van der Waals surface area contributed by atoms with Crippen molar-refractivity contribution in [2.45, 2.75) is 52.0 Å². The van der Waals surface area contributed by atoms with Crippen LogP contribution in [0.5, 0.6) is 0 Å². The average Bonchev–Trinajstić information content (AvgIpc) is 2.58. The highest BCUT2D eigenvalue weighted by atomic mass is 32.2. The van der Waals surface area contributed by atoms with Crippen LogP contribution in [0.3, 0.4) is 0 Å². The zero-order valence-corrected chi connectivity index (χ0v) is 16.4. The van der Waals surface area contributed by atoms with E-state index in [4.69, 9.17) is 15.4 Å². The minimum atomic E-state index is -1.08. The molecule has 152 valence electrons. The van der Waals surface area contributed by atoms with E-state index in [9.17, 15) is 19.2 Å². The summed E-state index contributed by atoms with van der Waals surface area (Å²) in [5.41, 5.74) is 8.18. The number of nitrogens with one attached hydrogen (secondary N) is 1. The number of esters is 1. The third-order valence-electron chi connectivity index (χ3n) is 3.10. The second-order valence-corrected chi connectivity index (χ2v) is 7.22. The van der Waals surface area contributed by atoms with E-state index in [-0.39, 0.29) is 44.1 Å². The number of unbranched alkanes of at least 4 members (excludes halogenated alkanes) is 1. The van der Waals surface area contributed by atoms with Crippen LogP contribution in [0, 0.1) is 5.92 Å². The topological polar surface area (TPSA) is 159 Å². The third-order valence-corrected chi connectivity index (χ3v) is 4.08. The second kappa shape index (κ2) is 14.9. The molecule has 0 aromatic rings. The number of rotatable bonds is 14. The normalized spacial score (nSPS) is 11.4. The molecule has 0 bridgehead atoms. The zero-order valence-electron chi connectivity index (χ0n) is 15.5. The van der Waals surface area contributed by atoms with Crippen LogP contribution >= 0.6 is 11.8 Å². The van der Waals surface area contributed by atoms with Gasteiger partial charge in [-0.15, -0.1) is 0 Å². The Morgan fingerprint density at radius 2 is 1.93 bits per heavy atom. The molecule has 2 N–H and O–H groups in total. The van der Waals surface area contributed by atoms with Crippen molar-refractivity contribution in [1.29, 1.82) is 0 Å². The Kier molecular flexibility index (Phi) is 13.6. The van der Waals surface area contributed by atoms with Gasteiger partial charge in [-0.1, -0.05) is 30.7 Å². The molecule has 0 saturated carbocycles. The van der Waals surface area contributed by atoms with E-state index in [2.05, 4.69) is 15.3 Å². The van der Waals surface area contributed by atoms with Crippen molar-refractivity contribution in [1.82, 2.24) is 5.32 Å². The van der Waals surface area contributed by atoms with Crippen LogP contribution in [-0.4, -0.2) is 53.0 Å². The fourth-order valence-corrected chi connectivity index (χ4v) is 2.62. The minimum absolute atomic E-state index is 0.0493. The van der Waals surface area contributed by atoms with Crippen molar-refractivity contribution < 1.29 is 29.0 Å². The molecule has 27 heavy (non-hydrogen) atoms. The third kappa shape index (κ3) is 14.6. The van der Waals surface area contributed by atoms with Crippen molar-refractivity contribution >= 4 is 34.7 Å². The van der Waals surface area contributed by atoms with E-state index >= 15 is 0 Å². The molecule has 0 aromatic heterocycles. The summed E-state index contributed by atoms with van der Waals surface area (Å²) in [5, 5.41) is 14.0. The summed E-state index contributed by atoms with van der Waals surface area (Å²) in [6.07, 6.45) is 0.603. The molecule has 0 aliphatic carbocycles. The number of ether oxygens (including phenoxy) is 1. The lowest BCUT2D eigenvalue weighted by atomic mass is 10.2. The highest BCUT2D eigenvalue weighted by molar-refractivity contribution is 8.13. The number of amides is 1. The van der Waals surface area contributed by atoms with Gasteiger partial charge in [0.15, 0.2) is 0 Å². The summed E-state index contributed by atoms with van der Waals surface area (Å²) in [6, 6.07) is -1.08. The quantitative estimate of drug-likeness (QED) is 0.148. The SMILES string of the molecule is CC(C)COC(=O)CC(NC(=O)CCCCN=[N+]=[N-])C(=O)SCCC(=O)O. The molecule has 1 atom stereocenters. The van der Waals surface area contributed by atoms with Gasteiger partial charge in [0.25, 0.3) is 0 Å². The Morgan fingerprint density at radius 1 is 1.22 bits per heavy atom. The molecule has 11 heteroatoms. The van der Waals surface area contributed by atoms with E-state index in [0.29, 0.717) is 12.8 Å². The minimum Gasteiger partial charge on any atom is -0.481 e. The maximum absolute atomic E-state index is 12.2. The van der Waals surface area contributed by atoms with Crippen molar-refractivity contribution in [3.63, 3.8) is 0 Å². The van der Waals surface area contributed by atoms with Gasteiger partial charge < -0.3 is 15.2 Å². The first-order valence-electron chi connectivity index (χ1n) is 8.60. The summed E-state index contributed by atoms with van der Waals surface area (Å²) < 4.78 is 5.04. The number of hydrogen-bond acceptors (Lipinski definition) is 7. The number of nitrogens with zero attached hydrogens (tertiary/aromatic N) is 3. The summed E-state index contributed by atoms with van der Waals surface area (Å²) >= 11 is 0.759. The Balaban J connectivity index is 4.62. The Hall–Kier alpha value is -2.26. The number of aliphatic carboxylic acids is 1. The number of carboxylic acid groups (broad SMARTS) is 1. The van der Waals surface area contributed by atoms with Crippen LogP contribution in [0.2, 0.25) is 0 Å². The van der Waals surface area contributed by atoms with Gasteiger partial charge in [0, 0.05) is 23.6 Å². The second-order valence-electron chi connectivity index (χ2n) is 6.12. The maximum atomic E-state index is 12.2. The van der Waals surface area contributed by atoms with E-state index in [0.717, 1.165) is 11.8 Å². The molecule has 0 aliphatic heterocycles. The molecule has 1 unspecified atom stereocenters. The summed E-state index contributed by atoms with van der Waals surface area (Å²) in [7, 11) is 0. The standard InChI is InChI=1S/C16H26N4O6S/c1-11(2)10-26-15(24)9-12(16(25)27-8-6-14(22)23)19-13(21)5-3-4-7-18-20-17/h11-12H,3-10H2,1-2H3,(H,19,21)(H,22,23). The van der Waals surface area contributed by atoms with Gasteiger partial charge in [-0.2, -0.15) is 0 Å². The van der Waals surface area contributed by atoms with Gasteiger partial charge in [0.1, 0.15) is 6.04 Å². The zero-order chi connectivity index (χ0) is 20.7. The van der Waals surface area contributed by atoms with Gasteiger partial charge in [0.05, 0.1) is 19.4 Å². The van der Waals surface area contributed by atoms with Crippen LogP contribution in [0.25, 0.3) is 10.4 Å². The Labute approximate surface area is 162 Å². The van der Waals surface area contributed by atoms with Gasteiger partial charge in [0.2, 0.25) is 11.0 Å². The van der Waals surface area contributed by atoms with Crippen LogP contribution in [0.15, 0.2) is 5.11 Å². The summed E-state index contributed by atoms with van der Waals surface area (Å²) in [4.78, 5) is 49.3. The predicted octanol–water partition coefficient (Wildman–Crippen LogP) is 2.28. The van der Waals surface area contributed by atoms with Crippen LogP contribution < -0.4 is 5.32 Å². The summed E-state index contributed by atoms with van der Waals surface area (Å²) in [6.45, 7) is 4.23. The number of hydrogen-bond donors (Lipinski definition) is 2. The highest BCUT2D eigenvalue weighted by Gasteiger charge is 2.25. The van der Waals surface area contributed by atoms with Gasteiger partial charge >= 0.3 is 11.9 Å². The molecule has 0 spiro atoms. The fourth-order valence-electron chi connectivity index (χ4n) is 1.80. The Morgan fingerprint density at radius 3 is 2.52 bits per heavy atom. The van der Waals surface area contributed by atoms with E-state index in [1.54, 1.807) is 0 Å². The molecular formula is C16H26N4O6S. The molecule has 0 saturated heterocycles. The molecule has 10 nitrogen and oxygen atoms in total. The first kappa shape index (κ1) is 24.7. The average molecular weight is 402 g/mol. The number of carbonyl (C=O) groups excluding carboxylic acids is 3. The van der Waals surface area contributed by atoms with E-state index in [1.807, 2.05) is 13.8 Å². The van der Waals surface area contributed by atoms with Crippen molar-refractivity contribution in [2.24, 2.45) is 11.0 Å². The van der Waals surface area contributed by atoms with Crippen LogP contribution in [0.4, 0.5) is 0 Å². The number of azide groups is 1. The molecular weight excluding hydrogens is 376 g/mol. The van der Waals surface area contributed by atoms with Gasteiger partial charge in [-0.05, 0) is 24.3 Å². The number of thioether (sulfide) groups is 1. The molecule has 0 fully saturated rings. The molecule has 0 rings (SSSR count). The van der Waals surface area contributed by atoms with E-state index < -0.39 is 29.0 Å². The lowest BCUT2D eigenvalue weighted by molar-refractivity contribution is -0.146. The largest absolute Gasteiger partial charge is 0.481 e. The number of carbonyl (C=O) groups is 4. The smallest absolute Gasteiger partial charge is 0.308 e. The van der Waals surface area contributed by atoms with Gasteiger partial charge in [-0.3, -0.25) is 19.2 Å². The van der Waals surface area contributed by atoms with Crippen LogP contribution in [0.1, 0.15) is 46.0 Å². The molecule has 0 aromatic carbocycles. The van der Waals surface area contributed by atoms with Crippen molar-refractivity contribution in [3.8, 4) is 0 Å².